The first-order valence-corrected chi connectivity index (χ1v) is 7.60. The van der Waals surface area contributed by atoms with Crippen LogP contribution < -0.4 is 0 Å². The van der Waals surface area contributed by atoms with Gasteiger partial charge in [-0.2, -0.15) is 0 Å². The summed E-state index contributed by atoms with van der Waals surface area (Å²) in [5, 5.41) is 0. The van der Waals surface area contributed by atoms with E-state index in [0.717, 1.165) is 6.42 Å². The zero-order valence-corrected chi connectivity index (χ0v) is 12.5. The monoisotopic (exact) mass is 283 g/mol. The summed E-state index contributed by atoms with van der Waals surface area (Å²) in [4.78, 5) is 0. The summed E-state index contributed by atoms with van der Waals surface area (Å²) in [5.74, 6) is 1.33. The van der Waals surface area contributed by atoms with E-state index in [0.29, 0.717) is 0 Å². The largest absolute Gasteiger partial charge is 0.0760 e. The molecule has 0 nitrogen and oxygen atoms in total. The van der Waals surface area contributed by atoms with Gasteiger partial charge in [0.05, 0.1) is 0 Å². The second kappa shape index (κ2) is 7.42. The van der Waals surface area contributed by atoms with Crippen molar-refractivity contribution < 1.29 is 0 Å². The molecule has 0 amide bonds. The van der Waals surface area contributed by atoms with Gasteiger partial charge in [0.2, 0.25) is 0 Å². The average molecular weight is 283 g/mol. The standard InChI is InChI=1S/C22H19/c1-3-7-19(8-4-1)11-13-21-15-17-22(18-16-21)14-12-20-9-5-2-6-10-20/h1-17H,18H2/b13-11+,14-12+. The summed E-state index contributed by atoms with van der Waals surface area (Å²) in [6, 6.07) is 20.8. The van der Waals surface area contributed by atoms with Gasteiger partial charge in [-0.15, -0.1) is 0 Å². The predicted octanol–water partition coefficient (Wildman–Crippen LogP) is 5.87. The molecule has 1 aliphatic carbocycles. The van der Waals surface area contributed by atoms with Gasteiger partial charge in [0.25, 0.3) is 0 Å². The summed E-state index contributed by atoms with van der Waals surface area (Å²) in [7, 11) is 0. The molecule has 0 saturated heterocycles. The third kappa shape index (κ3) is 4.20. The molecule has 2 aromatic rings. The minimum Gasteiger partial charge on any atom is -0.0760 e. The number of hydrogen-bond acceptors (Lipinski definition) is 0. The molecule has 0 N–H and O–H groups in total. The number of hydrogen-bond donors (Lipinski definition) is 0. The summed E-state index contributed by atoms with van der Waals surface area (Å²) in [5.41, 5.74) is 3.73. The molecule has 0 bridgehead atoms. The first kappa shape index (κ1) is 14.3. The molecule has 0 unspecified atom stereocenters. The Kier molecular flexibility index (Phi) is 4.84. The molecule has 1 radical (unpaired) electrons. The van der Waals surface area contributed by atoms with Crippen molar-refractivity contribution in [2.24, 2.45) is 0 Å². The van der Waals surface area contributed by atoms with Gasteiger partial charge < -0.3 is 0 Å². The van der Waals surface area contributed by atoms with E-state index in [1.54, 1.807) is 0 Å². The minimum absolute atomic E-state index is 0.980. The van der Waals surface area contributed by atoms with E-state index in [1.807, 2.05) is 12.1 Å². The molecule has 0 spiro atoms. The fourth-order valence-electron chi connectivity index (χ4n) is 2.35. The van der Waals surface area contributed by atoms with Crippen molar-refractivity contribution in [1.29, 1.82) is 0 Å². The Balaban J connectivity index is 1.58. The van der Waals surface area contributed by atoms with E-state index in [-0.39, 0.29) is 0 Å². The Bertz CT molecular complexity index is 700. The summed E-state index contributed by atoms with van der Waals surface area (Å²) >= 11 is 0. The fraction of sp³-hybridized carbons (Fsp3) is 0.0455. The number of allylic oxidation sites excluding steroid dienone is 6. The highest BCUT2D eigenvalue weighted by Gasteiger charge is 2.04. The first-order valence-electron chi connectivity index (χ1n) is 7.60. The highest BCUT2D eigenvalue weighted by atomic mass is 14.1. The van der Waals surface area contributed by atoms with Gasteiger partial charge in [0, 0.05) is 5.92 Å². The van der Waals surface area contributed by atoms with Crippen molar-refractivity contribution in [3.8, 4) is 0 Å². The normalized spacial score (nSPS) is 15.5. The Morgan fingerprint density at radius 1 is 0.591 bits per heavy atom. The minimum atomic E-state index is 0.980. The molecule has 3 rings (SSSR count). The molecule has 107 valence electrons. The van der Waals surface area contributed by atoms with Crippen molar-refractivity contribution in [2.75, 3.05) is 0 Å². The van der Waals surface area contributed by atoms with E-state index in [2.05, 4.69) is 91.1 Å². The van der Waals surface area contributed by atoms with Crippen LogP contribution in [0.15, 0.2) is 96.6 Å². The van der Waals surface area contributed by atoms with Crippen LogP contribution in [0.5, 0.6) is 0 Å². The Labute approximate surface area is 132 Å². The molecule has 0 heteroatoms. The van der Waals surface area contributed by atoms with Crippen LogP contribution in [0.3, 0.4) is 0 Å². The van der Waals surface area contributed by atoms with Crippen LogP contribution in [0.4, 0.5) is 0 Å². The van der Waals surface area contributed by atoms with Gasteiger partial charge in [-0.3, -0.25) is 0 Å². The smallest absolute Gasteiger partial charge is 0.0231 e. The van der Waals surface area contributed by atoms with E-state index in [4.69, 9.17) is 0 Å². The molecule has 0 heterocycles. The zero-order valence-electron chi connectivity index (χ0n) is 12.5. The van der Waals surface area contributed by atoms with Crippen LogP contribution in [0.25, 0.3) is 12.2 Å². The highest BCUT2D eigenvalue weighted by molar-refractivity contribution is 5.58. The van der Waals surface area contributed by atoms with Crippen molar-refractivity contribution in [3.63, 3.8) is 0 Å². The Morgan fingerprint density at radius 3 is 1.73 bits per heavy atom. The van der Waals surface area contributed by atoms with Gasteiger partial charge in [-0.05, 0) is 23.1 Å². The molecule has 0 aromatic heterocycles. The Morgan fingerprint density at radius 2 is 1.18 bits per heavy atom. The molecule has 0 fully saturated rings. The van der Waals surface area contributed by atoms with Crippen molar-refractivity contribution in [2.45, 2.75) is 6.42 Å². The topological polar surface area (TPSA) is 0 Å². The summed E-state index contributed by atoms with van der Waals surface area (Å²) in [6.45, 7) is 0. The van der Waals surface area contributed by atoms with E-state index >= 15 is 0 Å². The molecular formula is C22H19. The van der Waals surface area contributed by atoms with Crippen molar-refractivity contribution in [3.05, 3.63) is 114 Å². The molecule has 1 aliphatic rings. The summed E-state index contributed by atoms with van der Waals surface area (Å²) in [6.07, 6.45) is 16.3. The van der Waals surface area contributed by atoms with Crippen molar-refractivity contribution in [1.82, 2.24) is 0 Å². The maximum absolute atomic E-state index is 2.27. The second-order valence-corrected chi connectivity index (χ2v) is 5.30. The molecular weight excluding hydrogens is 264 g/mol. The number of rotatable bonds is 4. The predicted molar refractivity (Wildman–Crippen MR) is 96.0 cm³/mol. The van der Waals surface area contributed by atoms with E-state index in [9.17, 15) is 0 Å². The SMILES string of the molecule is C1=CC(/C=C/c2ccccc2)=CC[C]1/C=C/c1ccccc1. The van der Waals surface area contributed by atoms with Gasteiger partial charge >= 0.3 is 0 Å². The Hall–Kier alpha value is -2.60. The molecule has 0 saturated carbocycles. The van der Waals surface area contributed by atoms with Gasteiger partial charge in [-0.1, -0.05) is 103 Å². The molecule has 22 heavy (non-hydrogen) atoms. The fourth-order valence-corrected chi connectivity index (χ4v) is 2.35. The zero-order chi connectivity index (χ0) is 15.0. The van der Waals surface area contributed by atoms with Crippen LogP contribution in [0.1, 0.15) is 17.5 Å². The van der Waals surface area contributed by atoms with Crippen LogP contribution in [0.2, 0.25) is 0 Å². The third-order valence-corrected chi connectivity index (χ3v) is 3.62. The second-order valence-electron chi connectivity index (χ2n) is 5.30. The van der Waals surface area contributed by atoms with E-state index in [1.165, 1.54) is 22.6 Å². The number of benzene rings is 2. The van der Waals surface area contributed by atoms with Gasteiger partial charge in [0.1, 0.15) is 0 Å². The lowest BCUT2D eigenvalue weighted by atomic mass is 9.95. The third-order valence-electron chi connectivity index (χ3n) is 3.62. The average Bonchev–Trinajstić information content (AvgIpc) is 2.61. The van der Waals surface area contributed by atoms with Gasteiger partial charge in [-0.25, -0.2) is 0 Å². The maximum Gasteiger partial charge on any atom is 0.0231 e. The lowest BCUT2D eigenvalue weighted by Crippen LogP contribution is -1.92. The van der Waals surface area contributed by atoms with Crippen molar-refractivity contribution >= 4 is 12.2 Å². The van der Waals surface area contributed by atoms with Crippen LogP contribution in [-0.2, 0) is 0 Å². The van der Waals surface area contributed by atoms with E-state index < -0.39 is 0 Å². The van der Waals surface area contributed by atoms with Gasteiger partial charge in [0.15, 0.2) is 0 Å². The lowest BCUT2D eigenvalue weighted by Gasteiger charge is -2.10. The molecule has 2 aromatic carbocycles. The maximum atomic E-state index is 2.27. The first-order chi connectivity index (χ1) is 10.9. The molecule has 0 aliphatic heterocycles. The van der Waals surface area contributed by atoms with Crippen LogP contribution in [-0.4, -0.2) is 0 Å². The molecule has 0 atom stereocenters. The lowest BCUT2D eigenvalue weighted by molar-refractivity contribution is 1.12. The van der Waals surface area contributed by atoms with Crippen LogP contribution >= 0.6 is 0 Å². The summed E-state index contributed by atoms with van der Waals surface area (Å²) < 4.78 is 0. The quantitative estimate of drug-likeness (QED) is 0.658. The van der Waals surface area contributed by atoms with Crippen LogP contribution in [0, 0.1) is 5.92 Å². The highest BCUT2D eigenvalue weighted by Crippen LogP contribution is 2.21.